The number of nitrogens with zero attached hydrogens (tertiary/aromatic N) is 4. The van der Waals surface area contributed by atoms with Crippen LogP contribution < -0.4 is 5.43 Å². The number of fused-ring (bicyclic) bond motifs is 1. The first-order valence-corrected chi connectivity index (χ1v) is 11.6. The molecule has 1 amide bonds. The lowest BCUT2D eigenvalue weighted by Crippen LogP contribution is -2.17. The van der Waals surface area contributed by atoms with Gasteiger partial charge in [-0.05, 0) is 24.3 Å². The molecule has 0 aliphatic carbocycles. The molecule has 0 aliphatic rings. The Morgan fingerprint density at radius 3 is 2.08 bits per heavy atom. The number of nitro groups is 1. The summed E-state index contributed by atoms with van der Waals surface area (Å²) in [5, 5.41) is 15.2. The molecule has 5 rings (SSSR count). The van der Waals surface area contributed by atoms with E-state index in [2.05, 4.69) is 10.5 Å². The lowest BCUT2D eigenvalue weighted by Gasteiger charge is -2.11. The number of benzene rings is 4. The van der Waals surface area contributed by atoms with Crippen molar-refractivity contribution in [1.29, 1.82) is 0 Å². The van der Waals surface area contributed by atoms with E-state index in [1.807, 2.05) is 60.7 Å². The summed E-state index contributed by atoms with van der Waals surface area (Å²) in [4.78, 5) is 33.0. The Morgan fingerprint density at radius 2 is 1.46 bits per heavy atom. The van der Waals surface area contributed by atoms with Crippen LogP contribution in [0.5, 0.6) is 0 Å². The highest BCUT2D eigenvalue weighted by molar-refractivity contribution is 6.33. The molecule has 4 aromatic carbocycles. The predicted molar refractivity (Wildman–Crippen MR) is 144 cm³/mol. The average Bonchev–Trinajstić information content (AvgIpc) is 2.93. The first-order valence-electron chi connectivity index (χ1n) is 11.2. The smallest absolute Gasteiger partial charge is 0.267 e. The number of rotatable bonds is 6. The van der Waals surface area contributed by atoms with Gasteiger partial charge in [-0.1, -0.05) is 72.3 Å². The van der Waals surface area contributed by atoms with Crippen LogP contribution in [0.25, 0.3) is 33.5 Å². The van der Waals surface area contributed by atoms with Crippen LogP contribution in [0, 0.1) is 10.1 Å². The summed E-state index contributed by atoms with van der Waals surface area (Å²) >= 11 is 6.08. The number of nitrogens with one attached hydrogen (secondary N) is 1. The molecule has 9 heteroatoms. The van der Waals surface area contributed by atoms with Gasteiger partial charge in [-0.2, -0.15) is 5.10 Å². The van der Waals surface area contributed by atoms with Crippen LogP contribution in [-0.4, -0.2) is 27.0 Å². The highest BCUT2D eigenvalue weighted by atomic mass is 35.5. The standard InChI is InChI=1S/C28H18ClN5O3/c29-23-13-12-22(34(36)37)15-21(23)17-30-33-28(35)20-11-14-24-25(16-20)32-27(19-9-5-2-6-10-19)26(31-24)18-7-3-1-4-8-18/h1-17H,(H,33,35). The van der Waals surface area contributed by atoms with E-state index in [1.54, 1.807) is 18.2 Å². The van der Waals surface area contributed by atoms with Crippen LogP contribution in [0.15, 0.2) is 102 Å². The number of aromatic nitrogens is 2. The maximum absolute atomic E-state index is 12.8. The second-order valence-electron chi connectivity index (χ2n) is 8.02. The minimum Gasteiger partial charge on any atom is -0.267 e. The number of amides is 1. The quantitative estimate of drug-likeness (QED) is 0.165. The van der Waals surface area contributed by atoms with Crippen LogP contribution in [-0.2, 0) is 0 Å². The van der Waals surface area contributed by atoms with Gasteiger partial charge in [-0.15, -0.1) is 0 Å². The van der Waals surface area contributed by atoms with Crippen LogP contribution in [0.2, 0.25) is 5.02 Å². The van der Waals surface area contributed by atoms with E-state index < -0.39 is 10.8 Å². The van der Waals surface area contributed by atoms with Crippen LogP contribution in [0.3, 0.4) is 0 Å². The Kier molecular flexibility index (Phi) is 6.65. The van der Waals surface area contributed by atoms with Crippen LogP contribution in [0.1, 0.15) is 15.9 Å². The van der Waals surface area contributed by atoms with Crippen molar-refractivity contribution in [1.82, 2.24) is 15.4 Å². The van der Waals surface area contributed by atoms with Gasteiger partial charge in [0.1, 0.15) is 0 Å². The third kappa shape index (κ3) is 5.19. The van der Waals surface area contributed by atoms with E-state index in [0.29, 0.717) is 27.9 Å². The lowest BCUT2D eigenvalue weighted by molar-refractivity contribution is -0.384. The van der Waals surface area contributed by atoms with E-state index in [0.717, 1.165) is 16.8 Å². The second kappa shape index (κ2) is 10.3. The molecule has 0 aliphatic heterocycles. The van der Waals surface area contributed by atoms with E-state index in [4.69, 9.17) is 21.6 Å². The Labute approximate surface area is 216 Å². The number of hydrogen-bond donors (Lipinski definition) is 1. The second-order valence-corrected chi connectivity index (χ2v) is 8.43. The third-order valence-electron chi connectivity index (χ3n) is 5.58. The van der Waals surface area contributed by atoms with Crippen molar-refractivity contribution in [2.75, 3.05) is 0 Å². The molecule has 0 saturated heterocycles. The topological polar surface area (TPSA) is 110 Å². The van der Waals surface area contributed by atoms with E-state index in [1.165, 1.54) is 24.4 Å². The number of hydrogen-bond acceptors (Lipinski definition) is 6. The summed E-state index contributed by atoms with van der Waals surface area (Å²) in [5.74, 6) is -0.477. The number of carbonyl (C=O) groups excluding carboxylic acids is 1. The number of nitro benzene ring substituents is 1. The van der Waals surface area contributed by atoms with Crippen molar-refractivity contribution in [3.8, 4) is 22.5 Å². The summed E-state index contributed by atoms with van der Waals surface area (Å²) < 4.78 is 0. The van der Waals surface area contributed by atoms with E-state index in [-0.39, 0.29) is 10.7 Å². The molecule has 8 nitrogen and oxygen atoms in total. The maximum atomic E-state index is 12.8. The first kappa shape index (κ1) is 23.8. The Balaban J connectivity index is 1.47. The SMILES string of the molecule is O=C(NN=Cc1cc([N+](=O)[O-])ccc1Cl)c1ccc2nc(-c3ccccc3)c(-c3ccccc3)nc2c1. The lowest BCUT2D eigenvalue weighted by atomic mass is 10.0. The Hall–Kier alpha value is -4.95. The number of non-ortho nitro benzene ring substituents is 1. The minimum absolute atomic E-state index is 0.130. The highest BCUT2D eigenvalue weighted by Gasteiger charge is 2.15. The van der Waals surface area contributed by atoms with Crippen molar-refractivity contribution in [2.45, 2.75) is 0 Å². The number of halogens is 1. The van der Waals surface area contributed by atoms with Gasteiger partial charge < -0.3 is 0 Å². The van der Waals surface area contributed by atoms with Gasteiger partial charge in [-0.3, -0.25) is 14.9 Å². The summed E-state index contributed by atoms with van der Waals surface area (Å²) in [5.41, 5.74) is 7.42. The fourth-order valence-electron chi connectivity index (χ4n) is 3.76. The van der Waals surface area contributed by atoms with Gasteiger partial charge in [0.15, 0.2) is 0 Å². The molecule has 0 radical (unpaired) electrons. The maximum Gasteiger partial charge on any atom is 0.271 e. The Bertz CT molecular complexity index is 1660. The summed E-state index contributed by atoms with van der Waals surface area (Å²) in [6.45, 7) is 0. The van der Waals surface area contributed by atoms with Gasteiger partial charge in [0, 0.05) is 39.4 Å². The van der Waals surface area contributed by atoms with E-state index >= 15 is 0 Å². The van der Waals surface area contributed by atoms with Crippen molar-refractivity contribution in [3.63, 3.8) is 0 Å². The van der Waals surface area contributed by atoms with Gasteiger partial charge in [0.2, 0.25) is 0 Å². The number of carbonyl (C=O) groups is 1. The first-order chi connectivity index (χ1) is 18.0. The summed E-state index contributed by atoms with van der Waals surface area (Å²) in [6.07, 6.45) is 1.26. The predicted octanol–water partition coefficient (Wildman–Crippen LogP) is 6.29. The molecule has 0 unspecified atom stereocenters. The van der Waals surface area contributed by atoms with Gasteiger partial charge in [0.05, 0.1) is 33.6 Å². The molecule has 0 atom stereocenters. The molecule has 0 spiro atoms. The summed E-state index contributed by atoms with van der Waals surface area (Å²) in [6, 6.07) is 28.5. The average molecular weight is 508 g/mol. The summed E-state index contributed by atoms with van der Waals surface area (Å²) in [7, 11) is 0. The molecule has 37 heavy (non-hydrogen) atoms. The fraction of sp³-hybridized carbons (Fsp3) is 0. The van der Waals surface area contributed by atoms with Gasteiger partial charge in [-0.25, -0.2) is 15.4 Å². The highest BCUT2D eigenvalue weighted by Crippen LogP contribution is 2.31. The van der Waals surface area contributed by atoms with Crippen molar-refractivity contribution in [2.24, 2.45) is 5.10 Å². The molecule has 1 heterocycles. The Morgan fingerprint density at radius 1 is 0.838 bits per heavy atom. The third-order valence-corrected chi connectivity index (χ3v) is 5.93. The van der Waals surface area contributed by atoms with Gasteiger partial charge in [0.25, 0.3) is 11.6 Å². The minimum atomic E-state index is -0.532. The number of hydrazone groups is 1. The zero-order valence-corrected chi connectivity index (χ0v) is 20.0. The zero-order chi connectivity index (χ0) is 25.8. The zero-order valence-electron chi connectivity index (χ0n) is 19.2. The molecular formula is C28H18ClN5O3. The monoisotopic (exact) mass is 507 g/mol. The molecule has 0 bridgehead atoms. The largest absolute Gasteiger partial charge is 0.271 e. The molecule has 0 saturated carbocycles. The molecule has 5 aromatic rings. The van der Waals surface area contributed by atoms with E-state index in [9.17, 15) is 14.9 Å². The molecule has 0 fully saturated rings. The van der Waals surface area contributed by atoms with Crippen LogP contribution in [0.4, 0.5) is 5.69 Å². The molecule has 1 aromatic heterocycles. The van der Waals surface area contributed by atoms with Gasteiger partial charge >= 0.3 is 0 Å². The van der Waals surface area contributed by atoms with Crippen molar-refractivity contribution >= 4 is 40.4 Å². The molecule has 180 valence electrons. The van der Waals surface area contributed by atoms with Crippen molar-refractivity contribution in [3.05, 3.63) is 123 Å². The molecular weight excluding hydrogens is 490 g/mol. The molecule has 1 N–H and O–H groups in total. The fourth-order valence-corrected chi connectivity index (χ4v) is 3.93. The van der Waals surface area contributed by atoms with Crippen LogP contribution >= 0.6 is 11.6 Å². The normalized spacial score (nSPS) is 11.1. The van der Waals surface area contributed by atoms with Crippen molar-refractivity contribution < 1.29 is 9.72 Å².